The van der Waals surface area contributed by atoms with Crippen molar-refractivity contribution in [2.75, 3.05) is 19.8 Å². The van der Waals surface area contributed by atoms with E-state index in [1.54, 1.807) is 6.26 Å². The number of rotatable bonds is 6. The quantitative estimate of drug-likeness (QED) is 0.881. The number of hydrogen-bond acceptors (Lipinski definition) is 5. The van der Waals surface area contributed by atoms with Crippen LogP contribution in [0.5, 0.6) is 11.5 Å². The molecule has 2 N–H and O–H groups in total. The topological polar surface area (TPSA) is 77.9 Å². The minimum atomic E-state index is -0.379. The van der Waals surface area contributed by atoms with Crippen LogP contribution in [0.4, 0.5) is 0 Å². The van der Waals surface area contributed by atoms with E-state index >= 15 is 0 Å². The van der Waals surface area contributed by atoms with Gasteiger partial charge in [-0.05, 0) is 18.2 Å². The van der Waals surface area contributed by atoms with E-state index in [0.717, 1.165) is 29.2 Å². The number of primary amides is 1. The van der Waals surface area contributed by atoms with Gasteiger partial charge in [-0.1, -0.05) is 12.1 Å². The molecule has 0 bridgehead atoms. The van der Waals surface area contributed by atoms with Crippen LogP contribution < -0.4 is 15.2 Å². The second-order valence-corrected chi connectivity index (χ2v) is 5.49. The molecule has 0 aliphatic carbocycles. The third kappa shape index (κ3) is 4.04. The lowest BCUT2D eigenvalue weighted by atomic mass is 10.1. The molecular formula is C17H20N2O4. The molecular weight excluding hydrogens is 296 g/mol. The molecule has 6 heteroatoms. The summed E-state index contributed by atoms with van der Waals surface area (Å²) in [6.45, 7) is 2.44. The Kier molecular flexibility index (Phi) is 4.83. The molecule has 23 heavy (non-hydrogen) atoms. The molecule has 0 saturated heterocycles. The van der Waals surface area contributed by atoms with E-state index in [1.807, 2.05) is 35.2 Å². The largest absolute Gasteiger partial charge is 0.490 e. The first-order valence-corrected chi connectivity index (χ1v) is 7.63. The Morgan fingerprint density at radius 3 is 2.78 bits per heavy atom. The highest BCUT2D eigenvalue weighted by atomic mass is 16.5. The van der Waals surface area contributed by atoms with Gasteiger partial charge < -0.3 is 19.6 Å². The summed E-state index contributed by atoms with van der Waals surface area (Å²) in [4.78, 5) is 13.3. The van der Waals surface area contributed by atoms with Crippen LogP contribution in [0.25, 0.3) is 0 Å². The predicted octanol–water partition coefficient (Wildman–Crippen LogP) is 1.93. The number of carbonyl (C=O) groups excluding carboxylic acids is 1. The van der Waals surface area contributed by atoms with Gasteiger partial charge in [-0.25, -0.2) is 0 Å². The number of nitrogens with two attached hydrogens (primary N) is 1. The number of benzene rings is 1. The zero-order valence-electron chi connectivity index (χ0n) is 12.9. The van der Waals surface area contributed by atoms with Crippen molar-refractivity contribution in [3.63, 3.8) is 0 Å². The molecule has 0 unspecified atom stereocenters. The normalized spacial score (nSPS) is 13.8. The highest BCUT2D eigenvalue weighted by Crippen LogP contribution is 2.34. The number of para-hydroxylation sites is 1. The summed E-state index contributed by atoms with van der Waals surface area (Å²) in [6.07, 6.45) is 2.47. The number of furan rings is 1. The van der Waals surface area contributed by atoms with Gasteiger partial charge in [0.1, 0.15) is 5.76 Å². The molecule has 1 aliphatic heterocycles. The molecule has 1 aromatic carbocycles. The number of ether oxygens (including phenoxy) is 2. The number of fused-ring (bicyclic) bond motifs is 1. The van der Waals surface area contributed by atoms with Crippen LogP contribution in [-0.4, -0.2) is 30.6 Å². The monoisotopic (exact) mass is 316 g/mol. The van der Waals surface area contributed by atoms with Gasteiger partial charge in [0, 0.05) is 18.5 Å². The summed E-state index contributed by atoms with van der Waals surface area (Å²) in [5.41, 5.74) is 6.34. The Balaban J connectivity index is 1.80. The molecule has 1 aromatic heterocycles. The Labute approximate surface area is 134 Å². The molecule has 0 atom stereocenters. The highest BCUT2D eigenvalue weighted by Gasteiger charge is 2.18. The molecule has 2 aromatic rings. The Hall–Kier alpha value is -2.47. The maximum Gasteiger partial charge on any atom is 0.231 e. The van der Waals surface area contributed by atoms with Crippen molar-refractivity contribution in [1.82, 2.24) is 4.90 Å². The zero-order valence-corrected chi connectivity index (χ0v) is 12.9. The van der Waals surface area contributed by atoms with Gasteiger partial charge in [0.15, 0.2) is 11.5 Å². The standard InChI is InChI=1S/C17H20N2O4/c18-16(20)12-19(11-14-5-2-7-21-14)10-13-4-1-6-15-17(13)23-9-3-8-22-15/h1-2,4-7H,3,8-12H2,(H2,18,20). The third-order valence-corrected chi connectivity index (χ3v) is 3.59. The second-order valence-electron chi connectivity index (χ2n) is 5.49. The van der Waals surface area contributed by atoms with Crippen molar-refractivity contribution in [2.24, 2.45) is 5.73 Å². The molecule has 0 saturated carbocycles. The van der Waals surface area contributed by atoms with Crippen molar-refractivity contribution in [3.05, 3.63) is 47.9 Å². The van der Waals surface area contributed by atoms with Gasteiger partial charge in [-0.15, -0.1) is 0 Å². The highest BCUT2D eigenvalue weighted by molar-refractivity contribution is 5.75. The number of hydrogen-bond donors (Lipinski definition) is 1. The SMILES string of the molecule is NC(=O)CN(Cc1ccco1)Cc1cccc2c1OCCCO2. The first kappa shape index (κ1) is 15.4. The van der Waals surface area contributed by atoms with Gasteiger partial charge in [0.05, 0.1) is 32.6 Å². The predicted molar refractivity (Wildman–Crippen MR) is 84.1 cm³/mol. The Morgan fingerprint density at radius 2 is 2.00 bits per heavy atom. The Morgan fingerprint density at radius 1 is 1.13 bits per heavy atom. The van der Waals surface area contributed by atoms with Crippen LogP contribution in [-0.2, 0) is 17.9 Å². The van der Waals surface area contributed by atoms with Crippen molar-refractivity contribution in [2.45, 2.75) is 19.5 Å². The van der Waals surface area contributed by atoms with Crippen LogP contribution >= 0.6 is 0 Å². The average Bonchev–Trinajstić information content (AvgIpc) is 2.89. The van der Waals surface area contributed by atoms with Crippen molar-refractivity contribution < 1.29 is 18.7 Å². The van der Waals surface area contributed by atoms with Crippen molar-refractivity contribution in [3.8, 4) is 11.5 Å². The maximum absolute atomic E-state index is 11.4. The Bertz CT molecular complexity index is 655. The van der Waals surface area contributed by atoms with Crippen molar-refractivity contribution >= 4 is 5.91 Å². The van der Waals surface area contributed by atoms with E-state index in [2.05, 4.69) is 0 Å². The minimum absolute atomic E-state index is 0.144. The van der Waals surface area contributed by atoms with Crippen LogP contribution in [0, 0.1) is 0 Å². The van der Waals surface area contributed by atoms with E-state index in [9.17, 15) is 4.79 Å². The molecule has 0 radical (unpaired) electrons. The van der Waals surface area contributed by atoms with Gasteiger partial charge in [-0.2, -0.15) is 0 Å². The van der Waals surface area contributed by atoms with Crippen LogP contribution in [0.1, 0.15) is 17.7 Å². The molecule has 0 spiro atoms. The average molecular weight is 316 g/mol. The fraction of sp³-hybridized carbons (Fsp3) is 0.353. The lowest BCUT2D eigenvalue weighted by molar-refractivity contribution is -0.119. The van der Waals surface area contributed by atoms with E-state index in [4.69, 9.17) is 19.6 Å². The first-order valence-electron chi connectivity index (χ1n) is 7.63. The molecule has 1 amide bonds. The lowest BCUT2D eigenvalue weighted by Gasteiger charge is -2.21. The van der Waals surface area contributed by atoms with Gasteiger partial charge in [0.25, 0.3) is 0 Å². The van der Waals surface area contributed by atoms with E-state index in [0.29, 0.717) is 26.3 Å². The molecule has 2 heterocycles. The summed E-state index contributed by atoms with van der Waals surface area (Å²) in [6, 6.07) is 9.50. The summed E-state index contributed by atoms with van der Waals surface area (Å²) >= 11 is 0. The molecule has 3 rings (SSSR count). The summed E-state index contributed by atoms with van der Waals surface area (Å²) < 4.78 is 16.9. The fourth-order valence-corrected chi connectivity index (χ4v) is 2.63. The summed E-state index contributed by atoms with van der Waals surface area (Å²) in [7, 11) is 0. The van der Waals surface area contributed by atoms with Gasteiger partial charge in [-0.3, -0.25) is 9.69 Å². The third-order valence-electron chi connectivity index (χ3n) is 3.59. The van der Waals surface area contributed by atoms with Crippen molar-refractivity contribution in [1.29, 1.82) is 0 Å². The van der Waals surface area contributed by atoms with Crippen LogP contribution in [0.15, 0.2) is 41.0 Å². The summed E-state index contributed by atoms with van der Waals surface area (Å²) in [5.74, 6) is 1.90. The summed E-state index contributed by atoms with van der Waals surface area (Å²) in [5, 5.41) is 0. The van der Waals surface area contributed by atoms with Crippen LogP contribution in [0.2, 0.25) is 0 Å². The van der Waals surface area contributed by atoms with E-state index in [-0.39, 0.29) is 12.5 Å². The van der Waals surface area contributed by atoms with Gasteiger partial charge in [0.2, 0.25) is 5.91 Å². The van der Waals surface area contributed by atoms with E-state index in [1.165, 1.54) is 0 Å². The first-order chi connectivity index (χ1) is 11.2. The van der Waals surface area contributed by atoms with Crippen LogP contribution in [0.3, 0.4) is 0 Å². The second kappa shape index (κ2) is 7.19. The maximum atomic E-state index is 11.4. The fourth-order valence-electron chi connectivity index (χ4n) is 2.63. The number of nitrogens with zero attached hydrogens (tertiary/aromatic N) is 1. The smallest absolute Gasteiger partial charge is 0.231 e. The molecule has 1 aliphatic rings. The zero-order chi connectivity index (χ0) is 16.1. The molecule has 0 fully saturated rings. The van der Waals surface area contributed by atoms with E-state index < -0.39 is 0 Å². The lowest BCUT2D eigenvalue weighted by Crippen LogP contribution is -2.33. The molecule has 6 nitrogen and oxygen atoms in total. The number of carbonyl (C=O) groups is 1. The van der Waals surface area contributed by atoms with Gasteiger partial charge >= 0.3 is 0 Å². The molecule has 122 valence electrons. The number of amides is 1. The minimum Gasteiger partial charge on any atom is -0.490 e.